The molecule has 3 heteroatoms. The Kier molecular flexibility index (Phi) is 3.19. The van der Waals surface area contributed by atoms with Crippen LogP contribution in [-0.4, -0.2) is 11.1 Å². The predicted octanol–water partition coefficient (Wildman–Crippen LogP) is 3.17. The fourth-order valence-corrected chi connectivity index (χ4v) is 1.50. The van der Waals surface area contributed by atoms with Crippen molar-refractivity contribution < 1.29 is 15.7 Å². The van der Waals surface area contributed by atoms with E-state index in [0.29, 0.717) is 5.56 Å². The molecular weight excluding hydrogens is 231 g/mol. The Morgan fingerprint density at radius 3 is 3.06 bits per heavy atom. The molecule has 0 fully saturated rings. The zero-order valence-electron chi connectivity index (χ0n) is 10.5. The predicted molar refractivity (Wildman–Crippen MR) is 66.7 cm³/mol. The normalized spacial score (nSPS) is 22.5. The molecule has 90 valence electrons. The van der Waals surface area contributed by atoms with Crippen LogP contribution in [0.2, 0.25) is 0 Å². The number of halogens is 1. The summed E-state index contributed by atoms with van der Waals surface area (Å²) in [6.07, 6.45) is 4.12. The van der Waals surface area contributed by atoms with E-state index >= 15 is 0 Å². The summed E-state index contributed by atoms with van der Waals surface area (Å²) in [6, 6.07) is 6.19. The fraction of sp³-hybridized carbons (Fsp3) is 0.133. The molecule has 2 rings (SSSR count). The third kappa shape index (κ3) is 3.08. The molecular formula is C15H11FO2. The van der Waals surface area contributed by atoms with E-state index in [4.69, 9.17) is 6.48 Å². The van der Waals surface area contributed by atoms with Gasteiger partial charge in [0, 0.05) is 12.8 Å². The molecule has 1 unspecified atom stereocenters. The van der Waals surface area contributed by atoms with Crippen LogP contribution in [0.3, 0.4) is 0 Å². The monoisotopic (exact) mass is 243 g/mol. The molecule has 0 spiro atoms. The minimum atomic E-state index is -1.16. The number of benzene rings is 1. The van der Waals surface area contributed by atoms with Crippen LogP contribution in [0, 0.1) is 17.7 Å². The molecule has 0 saturated heterocycles. The Morgan fingerprint density at radius 2 is 2.39 bits per heavy atom. The first-order chi connectivity index (χ1) is 8.98. The van der Waals surface area contributed by atoms with Crippen LogP contribution in [-0.2, 0) is 0 Å². The molecule has 18 heavy (non-hydrogen) atoms. The van der Waals surface area contributed by atoms with Gasteiger partial charge < -0.3 is 5.11 Å². The molecule has 1 aromatic rings. The minimum Gasteiger partial charge on any atom is -0.478 e. The topological polar surface area (TPSA) is 37.3 Å². The summed E-state index contributed by atoms with van der Waals surface area (Å²) in [4.78, 5) is 10.8. The SMILES string of the molecule is [2H]C1(C#Cc2cccc(C(=O)O)c2)C=CC(F)=CC1. The Labute approximate surface area is 106 Å². The van der Waals surface area contributed by atoms with Crippen LogP contribution < -0.4 is 0 Å². The number of rotatable bonds is 1. The minimum absolute atomic E-state index is 0.149. The third-order valence-electron chi connectivity index (χ3n) is 2.44. The van der Waals surface area contributed by atoms with Gasteiger partial charge in [-0.15, -0.1) is 0 Å². The Bertz CT molecular complexity index is 637. The first kappa shape index (κ1) is 10.8. The van der Waals surface area contributed by atoms with Crippen molar-refractivity contribution in [2.75, 3.05) is 0 Å². The first-order valence-electron chi connectivity index (χ1n) is 5.90. The molecule has 1 aliphatic rings. The zero-order valence-corrected chi connectivity index (χ0v) is 9.48. The molecule has 0 radical (unpaired) electrons. The number of carboxylic acid groups (broad SMARTS) is 1. The van der Waals surface area contributed by atoms with Crippen molar-refractivity contribution in [1.29, 1.82) is 0 Å². The Balaban J connectivity index is 2.23. The van der Waals surface area contributed by atoms with E-state index in [9.17, 15) is 9.18 Å². The largest absolute Gasteiger partial charge is 0.478 e. The molecule has 0 bridgehead atoms. The van der Waals surface area contributed by atoms with Gasteiger partial charge in [0.05, 0.1) is 5.56 Å². The molecule has 0 amide bonds. The summed E-state index contributed by atoms with van der Waals surface area (Å²) in [7, 11) is 0. The van der Waals surface area contributed by atoms with Gasteiger partial charge in [-0.2, -0.15) is 0 Å². The molecule has 0 aromatic heterocycles. The van der Waals surface area contributed by atoms with Crippen molar-refractivity contribution in [3.8, 4) is 11.8 Å². The number of carboxylic acids is 1. The highest BCUT2D eigenvalue weighted by Gasteiger charge is 2.05. The summed E-state index contributed by atoms with van der Waals surface area (Å²) in [5.41, 5.74) is 0.672. The van der Waals surface area contributed by atoms with Gasteiger partial charge in [0.15, 0.2) is 0 Å². The average Bonchev–Trinajstić information content (AvgIpc) is 2.41. The average molecular weight is 243 g/mol. The molecule has 1 aliphatic carbocycles. The van der Waals surface area contributed by atoms with Crippen LogP contribution in [0.5, 0.6) is 0 Å². The van der Waals surface area contributed by atoms with Crippen LogP contribution in [0.25, 0.3) is 0 Å². The maximum Gasteiger partial charge on any atom is 0.335 e. The summed E-state index contributed by atoms with van der Waals surface area (Å²) >= 11 is 0. The van der Waals surface area contributed by atoms with Crippen LogP contribution >= 0.6 is 0 Å². The van der Waals surface area contributed by atoms with Crippen LogP contribution in [0.15, 0.2) is 48.3 Å². The third-order valence-corrected chi connectivity index (χ3v) is 2.44. The number of hydrogen-bond acceptors (Lipinski definition) is 1. The lowest BCUT2D eigenvalue weighted by Crippen LogP contribution is -1.97. The molecule has 1 atom stereocenters. The van der Waals surface area contributed by atoms with Crippen molar-refractivity contribution in [1.82, 2.24) is 0 Å². The molecule has 2 nitrogen and oxygen atoms in total. The van der Waals surface area contributed by atoms with E-state index in [-0.39, 0.29) is 17.8 Å². The van der Waals surface area contributed by atoms with Gasteiger partial charge in [0.25, 0.3) is 0 Å². The molecule has 0 aliphatic heterocycles. The summed E-state index contributed by atoms with van der Waals surface area (Å²) < 4.78 is 20.8. The van der Waals surface area contributed by atoms with Gasteiger partial charge in [-0.25, -0.2) is 9.18 Å². The second kappa shape index (κ2) is 5.33. The lowest BCUT2D eigenvalue weighted by Gasteiger charge is -2.05. The maximum absolute atomic E-state index is 12.8. The standard InChI is InChI=1S/C15H11FO2/c16-14-8-6-11(7-9-14)4-5-12-2-1-3-13(10-12)15(17)18/h1-3,6,8-11H,7H2,(H,17,18)/i11D. The second-order valence-electron chi connectivity index (χ2n) is 3.79. The Hall–Kier alpha value is -2.34. The number of hydrogen-bond donors (Lipinski definition) is 1. The first-order valence-corrected chi connectivity index (χ1v) is 5.40. The quantitative estimate of drug-likeness (QED) is 0.769. The van der Waals surface area contributed by atoms with E-state index in [1.165, 1.54) is 30.4 Å². The lowest BCUT2D eigenvalue weighted by atomic mass is 10.0. The lowest BCUT2D eigenvalue weighted by molar-refractivity contribution is 0.0697. The van der Waals surface area contributed by atoms with E-state index in [0.717, 1.165) is 0 Å². The van der Waals surface area contributed by atoms with Gasteiger partial charge in [0.1, 0.15) is 5.83 Å². The van der Waals surface area contributed by atoms with E-state index in [1.54, 1.807) is 12.1 Å². The highest BCUT2D eigenvalue weighted by Crippen LogP contribution is 2.16. The van der Waals surface area contributed by atoms with E-state index < -0.39 is 11.9 Å². The number of carbonyl (C=O) groups is 1. The van der Waals surface area contributed by atoms with Gasteiger partial charge in [-0.1, -0.05) is 24.0 Å². The Morgan fingerprint density at radius 1 is 1.56 bits per heavy atom. The van der Waals surface area contributed by atoms with Crippen molar-refractivity contribution >= 4 is 5.97 Å². The van der Waals surface area contributed by atoms with E-state index in [2.05, 4.69) is 11.8 Å². The van der Waals surface area contributed by atoms with Crippen molar-refractivity contribution in [2.24, 2.45) is 5.89 Å². The summed E-state index contributed by atoms with van der Waals surface area (Å²) in [6.45, 7) is 0. The maximum atomic E-state index is 12.8. The fourth-order valence-electron chi connectivity index (χ4n) is 1.50. The molecule has 0 heterocycles. The highest BCUT2D eigenvalue weighted by atomic mass is 19.1. The zero-order chi connectivity index (χ0) is 13.9. The van der Waals surface area contributed by atoms with Crippen molar-refractivity contribution in [2.45, 2.75) is 6.42 Å². The van der Waals surface area contributed by atoms with Crippen molar-refractivity contribution in [3.63, 3.8) is 0 Å². The van der Waals surface area contributed by atoms with Gasteiger partial charge in [-0.3, -0.25) is 0 Å². The molecule has 0 saturated carbocycles. The van der Waals surface area contributed by atoms with Crippen molar-refractivity contribution in [3.05, 3.63) is 59.4 Å². The smallest absolute Gasteiger partial charge is 0.335 e. The van der Waals surface area contributed by atoms with Crippen LogP contribution in [0.4, 0.5) is 4.39 Å². The van der Waals surface area contributed by atoms with Gasteiger partial charge in [0.2, 0.25) is 0 Å². The molecule has 1 aromatic carbocycles. The molecule has 1 N–H and O–H groups in total. The van der Waals surface area contributed by atoms with Crippen LogP contribution in [0.1, 0.15) is 23.7 Å². The van der Waals surface area contributed by atoms with Gasteiger partial charge in [-0.05, 0) is 36.8 Å². The highest BCUT2D eigenvalue weighted by molar-refractivity contribution is 5.88. The van der Waals surface area contributed by atoms with Gasteiger partial charge >= 0.3 is 5.97 Å². The summed E-state index contributed by atoms with van der Waals surface area (Å²) in [5.74, 6) is 2.95. The number of aromatic carboxylic acids is 1. The second-order valence-corrected chi connectivity index (χ2v) is 3.79. The summed E-state index contributed by atoms with van der Waals surface area (Å²) in [5, 5.41) is 8.86. The van der Waals surface area contributed by atoms with E-state index in [1.807, 2.05) is 0 Å². The number of allylic oxidation sites excluding steroid dienone is 4.